The Labute approximate surface area is 263 Å². The van der Waals surface area contributed by atoms with Gasteiger partial charge < -0.3 is 18.1 Å². The highest BCUT2D eigenvalue weighted by atomic mass is 16.5. The van der Waals surface area contributed by atoms with Gasteiger partial charge in [-0.15, -0.1) is 0 Å². The van der Waals surface area contributed by atoms with Crippen LogP contribution in [0.5, 0.6) is 5.75 Å². The van der Waals surface area contributed by atoms with Crippen molar-refractivity contribution in [2.45, 2.75) is 12.0 Å². The van der Waals surface area contributed by atoms with Gasteiger partial charge in [-0.1, -0.05) is 66.8 Å². The van der Waals surface area contributed by atoms with Crippen LogP contribution in [-0.2, 0) is 0 Å². The van der Waals surface area contributed by atoms with Crippen LogP contribution in [0.15, 0.2) is 148 Å². The molecular formula is C42H25NO3. The SMILES string of the molecule is C1=CC2Oc3ccc(-c4ccc5oc6cc7c(cc6c5c4)oc4ccc(-n5c6ccccc6c6ccccc65)cc47)cc3C2C=C1. The van der Waals surface area contributed by atoms with E-state index in [0.717, 1.165) is 60.9 Å². The van der Waals surface area contributed by atoms with Gasteiger partial charge in [0.1, 0.15) is 34.2 Å². The number of rotatable bonds is 2. The predicted octanol–water partition coefficient (Wildman–Crippen LogP) is 11.2. The van der Waals surface area contributed by atoms with Crippen LogP contribution in [0.25, 0.3) is 82.5 Å². The zero-order chi connectivity index (χ0) is 29.9. The summed E-state index contributed by atoms with van der Waals surface area (Å²) in [6.45, 7) is 0. The molecule has 0 N–H and O–H groups in total. The van der Waals surface area contributed by atoms with Gasteiger partial charge in [0.15, 0.2) is 0 Å². The molecule has 216 valence electrons. The van der Waals surface area contributed by atoms with Crippen LogP contribution < -0.4 is 4.74 Å². The van der Waals surface area contributed by atoms with Crippen molar-refractivity contribution in [2.75, 3.05) is 0 Å². The summed E-state index contributed by atoms with van der Waals surface area (Å²) in [5.41, 5.74) is 10.5. The summed E-state index contributed by atoms with van der Waals surface area (Å²) >= 11 is 0. The number of furan rings is 2. The van der Waals surface area contributed by atoms with E-state index >= 15 is 0 Å². The molecule has 2 atom stereocenters. The van der Waals surface area contributed by atoms with Crippen LogP contribution in [0.4, 0.5) is 0 Å². The average molecular weight is 592 g/mol. The van der Waals surface area contributed by atoms with Crippen LogP contribution >= 0.6 is 0 Å². The number of ether oxygens (including phenoxy) is 1. The van der Waals surface area contributed by atoms with Gasteiger partial charge in [0.2, 0.25) is 0 Å². The summed E-state index contributed by atoms with van der Waals surface area (Å²) in [6.07, 6.45) is 8.63. The Hall–Kier alpha value is -6.00. The van der Waals surface area contributed by atoms with Crippen molar-refractivity contribution in [3.63, 3.8) is 0 Å². The zero-order valence-electron chi connectivity index (χ0n) is 24.6. The molecular weight excluding hydrogens is 566 g/mol. The first-order chi connectivity index (χ1) is 22.8. The number of hydrogen-bond acceptors (Lipinski definition) is 3. The molecule has 2 unspecified atom stereocenters. The number of nitrogens with zero attached hydrogens (tertiary/aromatic N) is 1. The van der Waals surface area contributed by atoms with Crippen molar-refractivity contribution in [1.82, 2.24) is 4.57 Å². The molecule has 1 aliphatic carbocycles. The normalized spacial score (nSPS) is 17.1. The van der Waals surface area contributed by atoms with Gasteiger partial charge in [0.25, 0.3) is 0 Å². The van der Waals surface area contributed by atoms with E-state index in [4.69, 9.17) is 13.6 Å². The molecule has 2 aliphatic rings. The maximum atomic E-state index is 6.46. The highest BCUT2D eigenvalue weighted by Crippen LogP contribution is 2.44. The van der Waals surface area contributed by atoms with E-state index in [1.807, 2.05) is 0 Å². The molecule has 9 aromatic rings. The third-order valence-electron chi connectivity index (χ3n) is 9.93. The second kappa shape index (κ2) is 8.80. The van der Waals surface area contributed by atoms with Gasteiger partial charge in [-0.25, -0.2) is 0 Å². The maximum absolute atomic E-state index is 6.46. The first-order valence-electron chi connectivity index (χ1n) is 15.7. The Morgan fingerprint density at radius 3 is 1.85 bits per heavy atom. The van der Waals surface area contributed by atoms with Crippen LogP contribution in [0.2, 0.25) is 0 Å². The molecule has 0 amide bonds. The van der Waals surface area contributed by atoms with E-state index in [1.165, 1.54) is 32.9 Å². The fourth-order valence-corrected chi connectivity index (χ4v) is 7.78. The summed E-state index contributed by atoms with van der Waals surface area (Å²) in [4.78, 5) is 0. The standard InChI is InChI=1S/C42H25NO3/c1-4-10-35-27(7-1)28-8-2-5-11-36(28)43(35)26-15-18-40-32(21-26)34-23-41-33(22-42(34)46-40)31-20-25(14-17-39(31)45-41)24-13-16-38-30(19-24)29-9-3-6-12-37(29)44-38/h1-23,29,37H. The lowest BCUT2D eigenvalue weighted by Crippen LogP contribution is -2.15. The summed E-state index contributed by atoms with van der Waals surface area (Å²) in [5.74, 6) is 1.23. The molecule has 11 rings (SSSR count). The first kappa shape index (κ1) is 24.3. The van der Waals surface area contributed by atoms with Crippen molar-refractivity contribution in [3.8, 4) is 22.6 Å². The van der Waals surface area contributed by atoms with E-state index in [1.54, 1.807) is 0 Å². The second-order valence-electron chi connectivity index (χ2n) is 12.4. The number of hydrogen-bond donors (Lipinski definition) is 0. The number of aromatic nitrogens is 1. The Morgan fingerprint density at radius 1 is 0.478 bits per heavy atom. The van der Waals surface area contributed by atoms with Gasteiger partial charge in [0.05, 0.1) is 11.0 Å². The largest absolute Gasteiger partial charge is 0.485 e. The van der Waals surface area contributed by atoms with Crippen molar-refractivity contribution in [3.05, 3.63) is 145 Å². The smallest absolute Gasteiger partial charge is 0.136 e. The molecule has 6 aromatic carbocycles. The molecule has 46 heavy (non-hydrogen) atoms. The zero-order valence-corrected chi connectivity index (χ0v) is 24.6. The highest BCUT2D eigenvalue weighted by Gasteiger charge is 2.32. The van der Waals surface area contributed by atoms with E-state index < -0.39 is 0 Å². The minimum absolute atomic E-state index is 0.0832. The average Bonchev–Trinajstić information content (AvgIpc) is 3.85. The summed E-state index contributed by atoms with van der Waals surface area (Å²) in [5, 5.41) is 6.75. The molecule has 0 fully saturated rings. The number of benzene rings is 6. The van der Waals surface area contributed by atoms with E-state index in [0.29, 0.717) is 0 Å². The van der Waals surface area contributed by atoms with Gasteiger partial charge in [0, 0.05) is 49.5 Å². The summed E-state index contributed by atoms with van der Waals surface area (Å²) < 4.78 is 21.4. The Bertz CT molecular complexity index is 2750. The van der Waals surface area contributed by atoms with Gasteiger partial charge in [-0.3, -0.25) is 0 Å². The minimum atomic E-state index is 0.0832. The highest BCUT2D eigenvalue weighted by molar-refractivity contribution is 6.16. The van der Waals surface area contributed by atoms with Gasteiger partial charge in [-0.2, -0.15) is 0 Å². The lowest BCUT2D eigenvalue weighted by Gasteiger charge is -2.14. The van der Waals surface area contributed by atoms with Crippen molar-refractivity contribution in [2.24, 2.45) is 0 Å². The van der Waals surface area contributed by atoms with E-state index in [9.17, 15) is 0 Å². The predicted molar refractivity (Wildman–Crippen MR) is 186 cm³/mol. The van der Waals surface area contributed by atoms with Gasteiger partial charge in [-0.05, 0) is 83.9 Å². The Morgan fingerprint density at radius 2 is 1.09 bits per heavy atom. The minimum Gasteiger partial charge on any atom is -0.485 e. The van der Waals surface area contributed by atoms with Crippen molar-refractivity contribution >= 4 is 65.7 Å². The van der Waals surface area contributed by atoms with Crippen molar-refractivity contribution in [1.29, 1.82) is 0 Å². The number of allylic oxidation sites excluding steroid dienone is 2. The lowest BCUT2D eigenvalue weighted by molar-refractivity contribution is 0.269. The molecule has 3 aromatic heterocycles. The lowest BCUT2D eigenvalue weighted by atomic mass is 9.90. The molecule has 4 heterocycles. The third-order valence-corrected chi connectivity index (χ3v) is 9.93. The number of fused-ring (bicyclic) bond motifs is 12. The third kappa shape index (κ3) is 3.28. The second-order valence-corrected chi connectivity index (χ2v) is 12.4. The Kier molecular flexibility index (Phi) is 4.66. The van der Waals surface area contributed by atoms with Crippen molar-refractivity contribution < 1.29 is 13.6 Å². The van der Waals surface area contributed by atoms with Crippen LogP contribution in [0, 0.1) is 0 Å². The van der Waals surface area contributed by atoms with Gasteiger partial charge >= 0.3 is 0 Å². The summed E-state index contributed by atoms with van der Waals surface area (Å²) in [6, 6.07) is 41.0. The maximum Gasteiger partial charge on any atom is 0.136 e. The molecule has 4 heteroatoms. The fraction of sp³-hybridized carbons (Fsp3) is 0.0476. The molecule has 0 saturated carbocycles. The molecule has 0 spiro atoms. The number of para-hydroxylation sites is 2. The van der Waals surface area contributed by atoms with E-state index in [2.05, 4.69) is 144 Å². The topological polar surface area (TPSA) is 40.4 Å². The van der Waals surface area contributed by atoms with Crippen LogP contribution in [0.1, 0.15) is 11.5 Å². The van der Waals surface area contributed by atoms with Crippen LogP contribution in [0.3, 0.4) is 0 Å². The first-order valence-corrected chi connectivity index (χ1v) is 15.7. The Balaban J connectivity index is 1.06. The quantitative estimate of drug-likeness (QED) is 0.201. The molecule has 1 aliphatic heterocycles. The van der Waals surface area contributed by atoms with Crippen LogP contribution in [-0.4, -0.2) is 10.7 Å². The fourth-order valence-electron chi connectivity index (χ4n) is 7.78. The molecule has 0 saturated heterocycles. The molecule has 0 bridgehead atoms. The monoisotopic (exact) mass is 591 g/mol. The van der Waals surface area contributed by atoms with E-state index in [-0.39, 0.29) is 12.0 Å². The molecule has 0 radical (unpaired) electrons. The summed E-state index contributed by atoms with van der Waals surface area (Å²) in [7, 11) is 0. The molecule has 4 nitrogen and oxygen atoms in total.